The van der Waals surface area contributed by atoms with Gasteiger partial charge in [-0.1, -0.05) is 42.8 Å². The quantitative estimate of drug-likeness (QED) is 0.136. The Hall–Kier alpha value is -3.35. The first-order valence-corrected chi connectivity index (χ1v) is 13.4. The Morgan fingerprint density at radius 1 is 1.06 bits per heavy atom. The number of benzene rings is 3. The molecule has 2 aliphatic rings. The number of carboxylic acids is 1. The average molecular weight is 501 g/mol. The molecule has 3 N–H and O–H groups in total. The van der Waals surface area contributed by atoms with E-state index in [1.165, 1.54) is 28.0 Å². The van der Waals surface area contributed by atoms with E-state index in [-0.39, 0.29) is 0 Å². The third-order valence-corrected chi connectivity index (χ3v) is 7.80. The van der Waals surface area contributed by atoms with E-state index in [1.54, 1.807) is 17.8 Å². The van der Waals surface area contributed by atoms with E-state index in [1.807, 2.05) is 36.4 Å². The summed E-state index contributed by atoms with van der Waals surface area (Å²) in [5.74, 6) is -0.548. The number of carbonyl (C=O) groups is 1. The lowest BCUT2D eigenvalue weighted by atomic mass is 9.72. The van der Waals surface area contributed by atoms with Gasteiger partial charge in [0, 0.05) is 16.5 Å². The summed E-state index contributed by atoms with van der Waals surface area (Å²) in [7, 11) is 0. The van der Waals surface area contributed by atoms with Gasteiger partial charge in [0.2, 0.25) is 0 Å². The molecule has 1 saturated carbocycles. The normalized spacial score (nSPS) is 17.9. The zero-order chi connectivity index (χ0) is 25.2. The molecule has 1 atom stereocenters. The second kappa shape index (κ2) is 10.3. The Balaban J connectivity index is 1.73. The lowest BCUT2D eigenvalue weighted by molar-refractivity contribution is -0.131. The molecule has 0 saturated heterocycles. The van der Waals surface area contributed by atoms with Crippen LogP contribution in [0.3, 0.4) is 0 Å². The minimum absolute atomic E-state index is 0.427. The Bertz CT molecular complexity index is 1360. The molecule has 0 amide bonds. The maximum absolute atomic E-state index is 14.6. The van der Waals surface area contributed by atoms with Crippen LogP contribution in [-0.4, -0.2) is 17.3 Å². The number of alkyl halides is 1. The molecule has 3 aromatic carbocycles. The molecule has 1 aliphatic carbocycles. The summed E-state index contributed by atoms with van der Waals surface area (Å²) < 4.78 is 14.6. The first kappa shape index (κ1) is 24.3. The van der Waals surface area contributed by atoms with E-state index in [0.717, 1.165) is 46.9 Å². The van der Waals surface area contributed by atoms with Gasteiger partial charge < -0.3 is 10.5 Å². The smallest absolute Gasteiger partial charge is 0.328 e. The number of nitrogens with one attached hydrogen (secondary N) is 2. The number of hydrogen-bond donors (Lipinski definition) is 3. The Kier molecular flexibility index (Phi) is 6.99. The maximum Gasteiger partial charge on any atom is 0.328 e. The van der Waals surface area contributed by atoms with Crippen LogP contribution in [0.1, 0.15) is 58.9 Å². The van der Waals surface area contributed by atoms with Crippen LogP contribution in [0.5, 0.6) is 0 Å². The van der Waals surface area contributed by atoms with Crippen molar-refractivity contribution in [3.8, 4) is 0 Å². The standard InChI is InChI=1S/C30H29FN2O2S/c1-18-16-23(36-2)12-13-24(18)29(20-4-3-5-20)28(21-9-6-19(7-10-21)8-15-27(34)35)22-11-14-26-25(17-22)30(31)33-32-26/h6-17,20,30,32-33H,3-5H2,1-2H3,(H,34,35)/b15-8+,29-28+. The van der Waals surface area contributed by atoms with E-state index in [2.05, 4.69) is 48.3 Å². The van der Waals surface area contributed by atoms with Crippen LogP contribution in [-0.2, 0) is 4.79 Å². The minimum atomic E-state index is -1.26. The van der Waals surface area contributed by atoms with Crippen molar-refractivity contribution in [3.05, 3.63) is 100 Å². The lowest BCUT2D eigenvalue weighted by Crippen LogP contribution is -2.16. The maximum atomic E-state index is 14.6. The monoisotopic (exact) mass is 500 g/mol. The number of thioether (sulfide) groups is 1. The molecule has 3 aromatic rings. The summed E-state index contributed by atoms with van der Waals surface area (Å²) in [6.07, 6.45) is 7.01. The Morgan fingerprint density at radius 2 is 1.81 bits per heavy atom. The largest absolute Gasteiger partial charge is 0.478 e. The van der Waals surface area contributed by atoms with Crippen LogP contribution in [0.15, 0.2) is 71.6 Å². The van der Waals surface area contributed by atoms with Gasteiger partial charge in [-0.25, -0.2) is 14.6 Å². The molecule has 0 radical (unpaired) electrons. The van der Waals surface area contributed by atoms with E-state index < -0.39 is 12.3 Å². The summed E-state index contributed by atoms with van der Waals surface area (Å²) >= 11 is 1.73. The molecule has 1 aliphatic heterocycles. The van der Waals surface area contributed by atoms with Crippen molar-refractivity contribution < 1.29 is 14.3 Å². The molecule has 0 aromatic heterocycles. The zero-order valence-electron chi connectivity index (χ0n) is 20.3. The fourth-order valence-corrected chi connectivity index (χ4v) is 5.49. The molecule has 1 unspecified atom stereocenters. The molecule has 1 fully saturated rings. The van der Waals surface area contributed by atoms with Crippen molar-refractivity contribution in [1.29, 1.82) is 0 Å². The fraction of sp³-hybridized carbons (Fsp3) is 0.233. The van der Waals surface area contributed by atoms with E-state index in [0.29, 0.717) is 11.5 Å². The highest BCUT2D eigenvalue weighted by molar-refractivity contribution is 7.98. The third-order valence-electron chi connectivity index (χ3n) is 7.07. The van der Waals surface area contributed by atoms with Crippen LogP contribution in [0.25, 0.3) is 17.2 Å². The molecule has 184 valence electrons. The number of aryl methyl sites for hydroxylation is 1. The highest BCUT2D eigenvalue weighted by atomic mass is 32.2. The number of anilines is 1. The molecule has 5 rings (SSSR count). The topological polar surface area (TPSA) is 61.4 Å². The molecule has 1 heterocycles. The molecular formula is C30H29FN2O2S. The zero-order valence-corrected chi connectivity index (χ0v) is 21.2. The molecule has 0 spiro atoms. The number of aliphatic carboxylic acids is 1. The number of rotatable bonds is 7. The number of carboxylic acid groups (broad SMARTS) is 1. The summed E-state index contributed by atoms with van der Waals surface area (Å²) in [6, 6.07) is 20.5. The van der Waals surface area contributed by atoms with Crippen molar-refractivity contribution in [2.75, 3.05) is 11.7 Å². The summed E-state index contributed by atoms with van der Waals surface area (Å²) in [5, 5.41) is 8.98. The van der Waals surface area contributed by atoms with E-state index >= 15 is 0 Å². The van der Waals surface area contributed by atoms with E-state index in [9.17, 15) is 9.18 Å². The molecule has 6 heteroatoms. The summed E-state index contributed by atoms with van der Waals surface area (Å²) in [5.41, 5.74) is 14.6. The van der Waals surface area contributed by atoms with Crippen LogP contribution in [0.2, 0.25) is 0 Å². The third kappa shape index (κ3) is 4.84. The van der Waals surface area contributed by atoms with Gasteiger partial charge in [0.25, 0.3) is 0 Å². The van der Waals surface area contributed by atoms with Gasteiger partial charge in [-0.3, -0.25) is 0 Å². The fourth-order valence-electron chi connectivity index (χ4n) is 4.99. The first-order valence-electron chi connectivity index (χ1n) is 12.1. The van der Waals surface area contributed by atoms with E-state index in [4.69, 9.17) is 5.11 Å². The van der Waals surface area contributed by atoms with Crippen LogP contribution >= 0.6 is 11.8 Å². The van der Waals surface area contributed by atoms with Crippen molar-refractivity contribution in [1.82, 2.24) is 5.43 Å². The highest BCUT2D eigenvalue weighted by Crippen LogP contribution is 2.47. The number of hydrogen-bond acceptors (Lipinski definition) is 4. The Labute approximate surface area is 215 Å². The van der Waals surface area contributed by atoms with Gasteiger partial charge in [-0.05, 0) is 101 Å². The van der Waals surface area contributed by atoms with Gasteiger partial charge >= 0.3 is 5.97 Å². The lowest BCUT2D eigenvalue weighted by Gasteiger charge is -2.32. The van der Waals surface area contributed by atoms with Crippen LogP contribution in [0, 0.1) is 12.8 Å². The number of hydrazine groups is 1. The second-order valence-corrected chi connectivity index (χ2v) is 10.2. The SMILES string of the molecule is CSc1ccc(/C(=C(\c2ccc(/C=C/C(=O)O)cc2)c2ccc3c(c2)C(F)NN3)C2CCC2)c(C)c1. The van der Waals surface area contributed by atoms with Crippen molar-refractivity contribution >= 4 is 40.6 Å². The minimum Gasteiger partial charge on any atom is -0.478 e. The second-order valence-electron chi connectivity index (χ2n) is 9.32. The number of allylic oxidation sites excluding steroid dienone is 1. The van der Waals surface area contributed by atoms with Gasteiger partial charge in [0.15, 0.2) is 6.30 Å². The van der Waals surface area contributed by atoms with Gasteiger partial charge in [0.1, 0.15) is 0 Å². The highest BCUT2D eigenvalue weighted by Gasteiger charge is 2.29. The number of halogens is 1. The summed E-state index contributed by atoms with van der Waals surface area (Å²) in [6.45, 7) is 2.17. The predicted molar refractivity (Wildman–Crippen MR) is 146 cm³/mol. The van der Waals surface area contributed by atoms with Gasteiger partial charge in [-0.15, -0.1) is 11.8 Å². The first-order chi connectivity index (χ1) is 17.4. The predicted octanol–water partition coefficient (Wildman–Crippen LogP) is 7.47. The van der Waals surface area contributed by atoms with Crippen molar-refractivity contribution in [2.45, 2.75) is 37.4 Å². The van der Waals surface area contributed by atoms with Crippen LogP contribution < -0.4 is 10.9 Å². The number of fused-ring (bicyclic) bond motifs is 1. The molecule has 0 bridgehead atoms. The Morgan fingerprint density at radius 3 is 2.44 bits per heavy atom. The van der Waals surface area contributed by atoms with Crippen molar-refractivity contribution in [2.24, 2.45) is 5.92 Å². The summed E-state index contributed by atoms with van der Waals surface area (Å²) in [4.78, 5) is 12.2. The molecule has 36 heavy (non-hydrogen) atoms. The average Bonchev–Trinajstić information content (AvgIpc) is 3.22. The van der Waals surface area contributed by atoms with Gasteiger partial charge in [0.05, 0.1) is 5.69 Å². The van der Waals surface area contributed by atoms with Gasteiger partial charge in [-0.2, -0.15) is 0 Å². The molecular weight excluding hydrogens is 471 g/mol. The van der Waals surface area contributed by atoms with Crippen molar-refractivity contribution in [3.63, 3.8) is 0 Å². The van der Waals surface area contributed by atoms with Crippen LogP contribution in [0.4, 0.5) is 10.1 Å². The molecule has 4 nitrogen and oxygen atoms in total.